The molecule has 26 heavy (non-hydrogen) atoms. The number of para-hydroxylation sites is 1. The van der Waals surface area contributed by atoms with Gasteiger partial charge in [-0.2, -0.15) is 13.2 Å². The third-order valence-electron chi connectivity index (χ3n) is 4.33. The van der Waals surface area contributed by atoms with E-state index in [0.717, 1.165) is 44.0 Å². The second kappa shape index (κ2) is 7.78. The molecular formula is C19H20F3N3O. The second-order valence-corrected chi connectivity index (χ2v) is 6.23. The normalized spacial score (nSPS) is 15.7. The standard InChI is InChI=1S/C19H20F3N3O/c20-19(21,22)15-5-4-6-16(13-15)23-18(26)14-24-9-11-25(12-10-24)17-7-2-1-3-8-17/h1-8,13H,9-12,14H2,(H,23,26). The fourth-order valence-corrected chi connectivity index (χ4v) is 2.98. The van der Waals surface area contributed by atoms with Crippen molar-refractivity contribution in [1.82, 2.24) is 4.90 Å². The number of nitrogens with zero attached hydrogens (tertiary/aromatic N) is 2. The van der Waals surface area contributed by atoms with Gasteiger partial charge in [0.15, 0.2) is 0 Å². The van der Waals surface area contributed by atoms with E-state index >= 15 is 0 Å². The van der Waals surface area contributed by atoms with Crippen molar-refractivity contribution in [3.8, 4) is 0 Å². The maximum Gasteiger partial charge on any atom is 0.416 e. The van der Waals surface area contributed by atoms with Crippen molar-refractivity contribution in [2.24, 2.45) is 0 Å². The highest BCUT2D eigenvalue weighted by molar-refractivity contribution is 5.92. The van der Waals surface area contributed by atoms with Gasteiger partial charge in [-0.05, 0) is 30.3 Å². The predicted octanol–water partition coefficient (Wildman–Crippen LogP) is 3.47. The zero-order valence-electron chi connectivity index (χ0n) is 14.2. The van der Waals surface area contributed by atoms with Gasteiger partial charge in [0.2, 0.25) is 5.91 Å². The zero-order valence-corrected chi connectivity index (χ0v) is 14.2. The molecule has 4 nitrogen and oxygen atoms in total. The molecule has 0 atom stereocenters. The molecule has 1 saturated heterocycles. The molecule has 0 aromatic heterocycles. The van der Waals surface area contributed by atoms with Gasteiger partial charge in [-0.25, -0.2) is 0 Å². The molecule has 0 radical (unpaired) electrons. The highest BCUT2D eigenvalue weighted by atomic mass is 19.4. The molecule has 1 heterocycles. The van der Waals surface area contributed by atoms with Crippen LogP contribution in [-0.4, -0.2) is 43.5 Å². The monoisotopic (exact) mass is 363 g/mol. The molecule has 0 unspecified atom stereocenters. The molecule has 1 aliphatic heterocycles. The number of halogens is 3. The van der Waals surface area contributed by atoms with Crippen LogP contribution in [0.4, 0.5) is 24.5 Å². The molecule has 1 amide bonds. The van der Waals surface area contributed by atoms with Crippen molar-refractivity contribution >= 4 is 17.3 Å². The van der Waals surface area contributed by atoms with Gasteiger partial charge in [-0.1, -0.05) is 24.3 Å². The summed E-state index contributed by atoms with van der Waals surface area (Å²) in [6.07, 6.45) is -4.42. The third kappa shape index (κ3) is 4.76. The topological polar surface area (TPSA) is 35.6 Å². The number of carbonyl (C=O) groups is 1. The van der Waals surface area contributed by atoms with Crippen LogP contribution >= 0.6 is 0 Å². The molecule has 1 N–H and O–H groups in total. The molecule has 0 spiro atoms. The Morgan fingerprint density at radius 2 is 1.65 bits per heavy atom. The fraction of sp³-hybridized carbons (Fsp3) is 0.316. The number of rotatable bonds is 4. The van der Waals surface area contributed by atoms with E-state index < -0.39 is 11.7 Å². The van der Waals surface area contributed by atoms with Crippen LogP contribution in [0.3, 0.4) is 0 Å². The quantitative estimate of drug-likeness (QED) is 0.904. The average Bonchev–Trinajstić information content (AvgIpc) is 2.62. The number of piperazine rings is 1. The summed E-state index contributed by atoms with van der Waals surface area (Å²) in [5, 5.41) is 2.55. The Bertz CT molecular complexity index is 741. The zero-order chi connectivity index (χ0) is 18.6. The van der Waals surface area contributed by atoms with Crippen molar-refractivity contribution in [2.45, 2.75) is 6.18 Å². The summed E-state index contributed by atoms with van der Waals surface area (Å²) < 4.78 is 38.2. The highest BCUT2D eigenvalue weighted by Gasteiger charge is 2.30. The van der Waals surface area contributed by atoms with Gasteiger partial charge in [0.25, 0.3) is 0 Å². The number of amides is 1. The minimum Gasteiger partial charge on any atom is -0.369 e. The van der Waals surface area contributed by atoms with Gasteiger partial charge in [0.1, 0.15) is 0 Å². The molecule has 0 saturated carbocycles. The minimum absolute atomic E-state index is 0.160. The van der Waals surface area contributed by atoms with E-state index in [-0.39, 0.29) is 18.1 Å². The van der Waals surface area contributed by atoms with Crippen LogP contribution in [0.1, 0.15) is 5.56 Å². The van der Waals surface area contributed by atoms with Crippen molar-refractivity contribution in [2.75, 3.05) is 42.9 Å². The van der Waals surface area contributed by atoms with Gasteiger partial charge in [0.05, 0.1) is 12.1 Å². The molecule has 2 aromatic carbocycles. The second-order valence-electron chi connectivity index (χ2n) is 6.23. The lowest BCUT2D eigenvalue weighted by atomic mass is 10.2. The van der Waals surface area contributed by atoms with Crippen LogP contribution in [0, 0.1) is 0 Å². The molecular weight excluding hydrogens is 343 g/mol. The van der Waals surface area contributed by atoms with E-state index in [9.17, 15) is 18.0 Å². The van der Waals surface area contributed by atoms with Gasteiger partial charge < -0.3 is 10.2 Å². The largest absolute Gasteiger partial charge is 0.416 e. The van der Waals surface area contributed by atoms with E-state index in [2.05, 4.69) is 22.3 Å². The summed E-state index contributed by atoms with van der Waals surface area (Å²) in [7, 11) is 0. The lowest BCUT2D eigenvalue weighted by molar-refractivity contribution is -0.137. The van der Waals surface area contributed by atoms with Gasteiger partial charge in [0, 0.05) is 37.6 Å². The number of hydrogen-bond acceptors (Lipinski definition) is 3. The summed E-state index contributed by atoms with van der Waals surface area (Å²) in [6, 6.07) is 14.7. The SMILES string of the molecule is O=C(CN1CCN(c2ccccc2)CC1)Nc1cccc(C(F)(F)F)c1. The van der Waals surface area contributed by atoms with Crippen molar-refractivity contribution in [3.63, 3.8) is 0 Å². The number of anilines is 2. The molecule has 2 aromatic rings. The smallest absolute Gasteiger partial charge is 0.369 e. The minimum atomic E-state index is -4.42. The first-order chi connectivity index (χ1) is 12.4. The average molecular weight is 363 g/mol. The molecule has 0 aliphatic carbocycles. The summed E-state index contributed by atoms with van der Waals surface area (Å²) in [5.74, 6) is -0.308. The van der Waals surface area contributed by atoms with Crippen molar-refractivity contribution < 1.29 is 18.0 Å². The van der Waals surface area contributed by atoms with Crippen molar-refractivity contribution in [3.05, 3.63) is 60.2 Å². The fourth-order valence-electron chi connectivity index (χ4n) is 2.98. The number of nitrogens with one attached hydrogen (secondary N) is 1. The maximum absolute atomic E-state index is 12.7. The van der Waals surface area contributed by atoms with E-state index in [1.165, 1.54) is 12.1 Å². The van der Waals surface area contributed by atoms with Crippen LogP contribution in [0.2, 0.25) is 0 Å². The Labute approximate surface area is 150 Å². The molecule has 0 bridgehead atoms. The Balaban J connectivity index is 1.50. The number of carbonyl (C=O) groups excluding carboxylic acids is 1. The van der Waals surface area contributed by atoms with Crippen LogP contribution in [0.5, 0.6) is 0 Å². The first-order valence-electron chi connectivity index (χ1n) is 8.41. The number of benzene rings is 2. The first kappa shape index (κ1) is 18.3. The molecule has 3 rings (SSSR count). The van der Waals surface area contributed by atoms with E-state index in [1.807, 2.05) is 23.1 Å². The van der Waals surface area contributed by atoms with E-state index in [1.54, 1.807) is 0 Å². The van der Waals surface area contributed by atoms with Crippen LogP contribution in [0.15, 0.2) is 54.6 Å². The van der Waals surface area contributed by atoms with Crippen LogP contribution < -0.4 is 10.2 Å². The van der Waals surface area contributed by atoms with E-state index in [0.29, 0.717) is 0 Å². The van der Waals surface area contributed by atoms with Gasteiger partial charge >= 0.3 is 6.18 Å². The molecule has 7 heteroatoms. The van der Waals surface area contributed by atoms with Crippen molar-refractivity contribution in [1.29, 1.82) is 0 Å². The lowest BCUT2D eigenvalue weighted by Gasteiger charge is -2.35. The van der Waals surface area contributed by atoms with E-state index in [4.69, 9.17) is 0 Å². The summed E-state index contributed by atoms with van der Waals surface area (Å²) in [4.78, 5) is 16.4. The Morgan fingerprint density at radius 1 is 0.962 bits per heavy atom. The number of alkyl halides is 3. The Hall–Kier alpha value is -2.54. The van der Waals surface area contributed by atoms with Gasteiger partial charge in [-0.15, -0.1) is 0 Å². The maximum atomic E-state index is 12.7. The molecule has 1 fully saturated rings. The number of hydrogen-bond donors (Lipinski definition) is 1. The van der Waals surface area contributed by atoms with Gasteiger partial charge in [-0.3, -0.25) is 9.69 Å². The molecule has 1 aliphatic rings. The first-order valence-corrected chi connectivity index (χ1v) is 8.41. The Kier molecular flexibility index (Phi) is 5.46. The molecule has 138 valence electrons. The highest BCUT2D eigenvalue weighted by Crippen LogP contribution is 2.30. The Morgan fingerprint density at radius 3 is 2.31 bits per heavy atom. The third-order valence-corrected chi connectivity index (χ3v) is 4.33. The van der Waals surface area contributed by atoms with Crippen LogP contribution in [-0.2, 0) is 11.0 Å². The summed E-state index contributed by atoms with van der Waals surface area (Å²) in [5.41, 5.74) is 0.542. The summed E-state index contributed by atoms with van der Waals surface area (Å²) >= 11 is 0. The summed E-state index contributed by atoms with van der Waals surface area (Å²) in [6.45, 7) is 3.23. The van der Waals surface area contributed by atoms with Crippen LogP contribution in [0.25, 0.3) is 0 Å². The lowest BCUT2D eigenvalue weighted by Crippen LogP contribution is -2.48. The predicted molar refractivity (Wildman–Crippen MR) is 95.2 cm³/mol.